The Hall–Kier alpha value is -0.890. The highest BCUT2D eigenvalue weighted by Crippen LogP contribution is 2.31. The van der Waals surface area contributed by atoms with Crippen LogP contribution in [-0.4, -0.2) is 18.1 Å². The fraction of sp³-hybridized carbons (Fsp3) is 0.615. The molecule has 1 fully saturated rings. The third-order valence-corrected chi connectivity index (χ3v) is 3.46. The highest BCUT2D eigenvalue weighted by molar-refractivity contribution is 5.22. The van der Waals surface area contributed by atoms with E-state index in [1.807, 2.05) is 12.4 Å². The number of aryl methyl sites for hydroxylation is 1. The summed E-state index contributed by atoms with van der Waals surface area (Å²) in [5.74, 6) is 1.49. The van der Waals surface area contributed by atoms with Gasteiger partial charge in [-0.05, 0) is 49.4 Å². The van der Waals surface area contributed by atoms with Crippen molar-refractivity contribution in [3.8, 4) is 0 Å². The third kappa shape index (κ3) is 2.37. The summed E-state index contributed by atoms with van der Waals surface area (Å²) in [5.41, 5.74) is 2.71. The first kappa shape index (κ1) is 10.6. The number of aromatic nitrogens is 1. The van der Waals surface area contributed by atoms with Gasteiger partial charge in [0.2, 0.25) is 0 Å². The molecular weight excluding hydrogens is 184 g/mol. The number of hydrogen-bond donors (Lipinski definition) is 1. The van der Waals surface area contributed by atoms with Gasteiger partial charge < -0.3 is 5.32 Å². The van der Waals surface area contributed by atoms with E-state index in [0.717, 1.165) is 19.0 Å². The van der Waals surface area contributed by atoms with Crippen LogP contribution in [0.4, 0.5) is 0 Å². The summed E-state index contributed by atoms with van der Waals surface area (Å²) >= 11 is 0. The van der Waals surface area contributed by atoms with E-state index in [-0.39, 0.29) is 0 Å². The van der Waals surface area contributed by atoms with Gasteiger partial charge in [-0.25, -0.2) is 0 Å². The molecule has 0 amide bonds. The number of piperidine rings is 1. The molecule has 2 unspecified atom stereocenters. The minimum Gasteiger partial charge on any atom is -0.316 e. The zero-order valence-electron chi connectivity index (χ0n) is 9.66. The Labute approximate surface area is 92.1 Å². The predicted octanol–water partition coefficient (Wildman–Crippen LogP) is 2.49. The largest absolute Gasteiger partial charge is 0.316 e. The maximum Gasteiger partial charge on any atom is 0.0303 e. The Morgan fingerprint density at radius 2 is 2.33 bits per heavy atom. The molecule has 0 aromatic carbocycles. The van der Waals surface area contributed by atoms with Gasteiger partial charge in [-0.15, -0.1) is 0 Å². The Morgan fingerprint density at radius 1 is 1.47 bits per heavy atom. The zero-order chi connectivity index (χ0) is 10.7. The first-order chi connectivity index (χ1) is 7.31. The molecule has 0 spiro atoms. The average molecular weight is 204 g/mol. The van der Waals surface area contributed by atoms with Gasteiger partial charge in [0.15, 0.2) is 0 Å². The van der Waals surface area contributed by atoms with E-state index in [4.69, 9.17) is 0 Å². The molecule has 0 radical (unpaired) electrons. The van der Waals surface area contributed by atoms with Crippen LogP contribution in [0.2, 0.25) is 0 Å². The molecule has 1 saturated heterocycles. The molecule has 2 nitrogen and oxygen atoms in total. The third-order valence-electron chi connectivity index (χ3n) is 3.46. The van der Waals surface area contributed by atoms with Crippen LogP contribution in [0.25, 0.3) is 0 Å². The van der Waals surface area contributed by atoms with Crippen LogP contribution in [0.5, 0.6) is 0 Å². The van der Waals surface area contributed by atoms with Gasteiger partial charge in [-0.3, -0.25) is 4.98 Å². The molecule has 2 heterocycles. The molecule has 15 heavy (non-hydrogen) atoms. The van der Waals surface area contributed by atoms with Gasteiger partial charge in [-0.2, -0.15) is 0 Å². The molecule has 1 aliphatic rings. The Morgan fingerprint density at radius 3 is 3.07 bits per heavy atom. The number of nitrogens with zero attached hydrogens (tertiary/aromatic N) is 1. The van der Waals surface area contributed by atoms with Crippen LogP contribution in [0.15, 0.2) is 18.5 Å². The van der Waals surface area contributed by atoms with Crippen molar-refractivity contribution in [2.45, 2.75) is 32.6 Å². The van der Waals surface area contributed by atoms with Gasteiger partial charge in [0.05, 0.1) is 0 Å². The molecule has 2 heteroatoms. The van der Waals surface area contributed by atoms with E-state index in [1.54, 1.807) is 0 Å². The molecule has 0 bridgehead atoms. The topological polar surface area (TPSA) is 24.9 Å². The summed E-state index contributed by atoms with van der Waals surface area (Å²) in [6.45, 7) is 6.72. The lowest BCUT2D eigenvalue weighted by Gasteiger charge is -2.31. The van der Waals surface area contributed by atoms with E-state index < -0.39 is 0 Å². The van der Waals surface area contributed by atoms with E-state index >= 15 is 0 Å². The van der Waals surface area contributed by atoms with Crippen LogP contribution < -0.4 is 5.32 Å². The van der Waals surface area contributed by atoms with Crippen molar-refractivity contribution >= 4 is 0 Å². The number of pyridine rings is 1. The van der Waals surface area contributed by atoms with Crippen molar-refractivity contribution in [1.82, 2.24) is 10.3 Å². The average Bonchev–Trinajstić information content (AvgIpc) is 2.29. The highest BCUT2D eigenvalue weighted by Gasteiger charge is 2.24. The van der Waals surface area contributed by atoms with Crippen LogP contribution in [0, 0.1) is 12.8 Å². The lowest BCUT2D eigenvalue weighted by molar-refractivity contribution is 0.317. The number of hydrogen-bond acceptors (Lipinski definition) is 2. The van der Waals surface area contributed by atoms with E-state index in [2.05, 4.69) is 30.2 Å². The van der Waals surface area contributed by atoms with Gasteiger partial charge in [-0.1, -0.05) is 19.4 Å². The zero-order valence-corrected chi connectivity index (χ0v) is 9.66. The summed E-state index contributed by atoms with van der Waals surface area (Å²) in [7, 11) is 0. The molecule has 82 valence electrons. The summed E-state index contributed by atoms with van der Waals surface area (Å²) in [6, 6.07) is 2.30. The maximum absolute atomic E-state index is 4.31. The Kier molecular flexibility index (Phi) is 3.37. The molecule has 2 atom stereocenters. The van der Waals surface area contributed by atoms with Crippen molar-refractivity contribution in [3.63, 3.8) is 0 Å². The van der Waals surface area contributed by atoms with Gasteiger partial charge in [0.25, 0.3) is 0 Å². The Bertz CT molecular complexity index is 322. The van der Waals surface area contributed by atoms with Crippen LogP contribution in [0.3, 0.4) is 0 Å². The molecule has 1 N–H and O–H groups in total. The summed E-state index contributed by atoms with van der Waals surface area (Å²) in [4.78, 5) is 4.31. The summed E-state index contributed by atoms with van der Waals surface area (Å²) in [5, 5.41) is 3.48. The van der Waals surface area contributed by atoms with Crippen LogP contribution in [-0.2, 0) is 0 Å². The number of nitrogens with one attached hydrogen (secondary N) is 1. The standard InChI is InChI=1S/C13H20N2/c1-3-11-8-14-5-4-13(11)12-6-10(2)7-15-9-12/h6-7,9,11,13-14H,3-5,8H2,1-2H3. The van der Waals surface area contributed by atoms with Gasteiger partial charge in [0.1, 0.15) is 0 Å². The summed E-state index contributed by atoms with van der Waals surface area (Å²) in [6.07, 6.45) is 6.49. The van der Waals surface area contributed by atoms with Crippen LogP contribution >= 0.6 is 0 Å². The van der Waals surface area contributed by atoms with E-state index in [9.17, 15) is 0 Å². The van der Waals surface area contributed by atoms with Crippen molar-refractivity contribution in [2.75, 3.05) is 13.1 Å². The minimum atomic E-state index is 0.712. The quantitative estimate of drug-likeness (QED) is 0.800. The Balaban J connectivity index is 2.20. The van der Waals surface area contributed by atoms with Gasteiger partial charge >= 0.3 is 0 Å². The van der Waals surface area contributed by atoms with E-state index in [0.29, 0.717) is 5.92 Å². The second-order valence-electron chi connectivity index (χ2n) is 4.56. The molecule has 2 rings (SSSR count). The normalized spacial score (nSPS) is 26.5. The minimum absolute atomic E-state index is 0.712. The fourth-order valence-electron chi connectivity index (χ4n) is 2.57. The smallest absolute Gasteiger partial charge is 0.0303 e. The molecule has 1 aromatic rings. The molecule has 1 aliphatic heterocycles. The van der Waals surface area contributed by atoms with Crippen molar-refractivity contribution in [3.05, 3.63) is 29.6 Å². The van der Waals surface area contributed by atoms with Crippen molar-refractivity contribution in [1.29, 1.82) is 0 Å². The SMILES string of the molecule is CCC1CNCCC1c1cncc(C)c1. The first-order valence-corrected chi connectivity index (χ1v) is 5.93. The summed E-state index contributed by atoms with van der Waals surface area (Å²) < 4.78 is 0. The van der Waals surface area contributed by atoms with Gasteiger partial charge in [0, 0.05) is 12.4 Å². The maximum atomic E-state index is 4.31. The molecule has 0 saturated carbocycles. The monoisotopic (exact) mass is 204 g/mol. The lowest BCUT2D eigenvalue weighted by Crippen LogP contribution is -2.35. The lowest BCUT2D eigenvalue weighted by atomic mass is 9.80. The second kappa shape index (κ2) is 4.75. The highest BCUT2D eigenvalue weighted by atomic mass is 14.9. The van der Waals surface area contributed by atoms with E-state index in [1.165, 1.54) is 24.0 Å². The number of rotatable bonds is 2. The molecular formula is C13H20N2. The molecule has 1 aromatic heterocycles. The predicted molar refractivity (Wildman–Crippen MR) is 63.0 cm³/mol. The van der Waals surface area contributed by atoms with Crippen molar-refractivity contribution in [2.24, 2.45) is 5.92 Å². The van der Waals surface area contributed by atoms with Crippen LogP contribution in [0.1, 0.15) is 36.8 Å². The second-order valence-corrected chi connectivity index (χ2v) is 4.56. The first-order valence-electron chi connectivity index (χ1n) is 5.93. The van der Waals surface area contributed by atoms with Crippen molar-refractivity contribution < 1.29 is 0 Å². The fourth-order valence-corrected chi connectivity index (χ4v) is 2.57. The molecule has 0 aliphatic carbocycles.